The Labute approximate surface area is 203 Å². The van der Waals surface area contributed by atoms with Crippen molar-refractivity contribution in [3.8, 4) is 0 Å². The van der Waals surface area contributed by atoms with Gasteiger partial charge in [-0.3, -0.25) is 4.79 Å². The Balaban J connectivity index is 2.41. The number of benzene rings is 3. The summed E-state index contributed by atoms with van der Waals surface area (Å²) in [5.74, 6) is -0.187. The predicted molar refractivity (Wildman–Crippen MR) is 139 cm³/mol. The van der Waals surface area contributed by atoms with Gasteiger partial charge in [-0.2, -0.15) is 12.8 Å². The van der Waals surface area contributed by atoms with E-state index in [0.717, 1.165) is 15.5 Å². The zero-order valence-electron chi connectivity index (χ0n) is 20.4. The Hall–Kier alpha value is -3.32. The minimum absolute atomic E-state index is 0.0487. The van der Waals surface area contributed by atoms with Gasteiger partial charge < -0.3 is 5.73 Å². The van der Waals surface area contributed by atoms with E-state index >= 15 is 0 Å². The van der Waals surface area contributed by atoms with Gasteiger partial charge in [0.25, 0.3) is 10.0 Å². The van der Waals surface area contributed by atoms with Crippen LogP contribution in [0.15, 0.2) is 77.7 Å². The molecule has 0 spiro atoms. The molecule has 0 radical (unpaired) electrons. The Morgan fingerprint density at radius 3 is 1.82 bits per heavy atom. The molecule has 3 rings (SSSR count). The van der Waals surface area contributed by atoms with Crippen LogP contribution < -0.4 is 15.2 Å². The molecule has 34 heavy (non-hydrogen) atoms. The van der Waals surface area contributed by atoms with Crippen molar-refractivity contribution >= 4 is 33.0 Å². The topological polar surface area (TPSA) is 83.7 Å². The van der Waals surface area contributed by atoms with Gasteiger partial charge in [0.1, 0.15) is 0 Å². The summed E-state index contributed by atoms with van der Waals surface area (Å²) in [5, 5.41) is 1.35. The van der Waals surface area contributed by atoms with E-state index < -0.39 is 10.0 Å². The lowest BCUT2D eigenvalue weighted by atomic mass is 9.92. The van der Waals surface area contributed by atoms with Gasteiger partial charge in [-0.25, -0.2) is 5.01 Å². The fraction of sp³-hybridized carbons (Fsp3) is 0.296. The highest BCUT2D eigenvalue weighted by atomic mass is 32.2. The molecule has 1 amide bonds. The maximum absolute atomic E-state index is 14.1. The molecule has 0 heterocycles. The first kappa shape index (κ1) is 25.3. The molecule has 6 nitrogen and oxygen atoms in total. The highest BCUT2D eigenvalue weighted by Crippen LogP contribution is 2.39. The Morgan fingerprint density at radius 1 is 0.824 bits per heavy atom. The molecule has 0 aromatic heterocycles. The summed E-state index contributed by atoms with van der Waals surface area (Å²) in [6.45, 7) is 9.90. The molecule has 3 aromatic carbocycles. The van der Waals surface area contributed by atoms with Crippen LogP contribution in [0.1, 0.15) is 64.0 Å². The van der Waals surface area contributed by atoms with E-state index in [-0.39, 0.29) is 29.1 Å². The fourth-order valence-corrected chi connectivity index (χ4v) is 5.35. The molecule has 3 aromatic rings. The third-order valence-electron chi connectivity index (χ3n) is 5.66. The summed E-state index contributed by atoms with van der Waals surface area (Å²) in [4.78, 5) is 13.7. The predicted octanol–water partition coefficient (Wildman–Crippen LogP) is 6.07. The molecule has 0 aliphatic carbocycles. The number of nitrogens with zero attached hydrogens (tertiary/aromatic N) is 2. The maximum Gasteiger partial charge on any atom is 0.282 e. The average molecular weight is 480 g/mol. The summed E-state index contributed by atoms with van der Waals surface area (Å²) >= 11 is 0. The second-order valence-corrected chi connectivity index (χ2v) is 10.6. The lowest BCUT2D eigenvalue weighted by Gasteiger charge is -2.38. The van der Waals surface area contributed by atoms with Crippen LogP contribution in [0.2, 0.25) is 0 Å². The number of nitrogen functional groups attached to an aromatic ring is 1. The molecule has 180 valence electrons. The number of para-hydroxylation sites is 2. The van der Waals surface area contributed by atoms with E-state index in [4.69, 9.17) is 5.73 Å². The molecular formula is C27H33N3O3S. The summed E-state index contributed by atoms with van der Waals surface area (Å²) in [5.41, 5.74) is 9.06. The second kappa shape index (κ2) is 10.3. The van der Waals surface area contributed by atoms with Crippen molar-refractivity contribution < 1.29 is 13.2 Å². The van der Waals surface area contributed by atoms with Crippen LogP contribution in [-0.4, -0.2) is 14.3 Å². The first-order valence-electron chi connectivity index (χ1n) is 11.5. The summed E-state index contributed by atoms with van der Waals surface area (Å²) in [6, 6.07) is 20.6. The molecule has 7 heteroatoms. The number of hydrogen-bond donors (Lipinski definition) is 1. The normalized spacial score (nSPS) is 11.6. The Bertz CT molecular complexity index is 1210. The van der Waals surface area contributed by atoms with Crippen molar-refractivity contribution in [1.82, 2.24) is 0 Å². The molecular weight excluding hydrogens is 446 g/mol. The molecule has 0 unspecified atom stereocenters. The number of sulfonamides is 1. The van der Waals surface area contributed by atoms with Gasteiger partial charge in [-0.1, -0.05) is 71.0 Å². The molecule has 2 N–H and O–H groups in total. The standard InChI is InChI=1S/C27H33N3O3S/c1-6-26(31)29(27-24(19(2)3)13-10-14-25(27)20(4)5)30(22-11-8-7-9-12-22)34(32,33)23-17-15-21(28)16-18-23/h7-20H,6,28H2,1-5H3. The van der Waals surface area contributed by atoms with Crippen LogP contribution >= 0.6 is 0 Å². The van der Waals surface area contributed by atoms with Gasteiger partial charge in [0.15, 0.2) is 0 Å². The lowest BCUT2D eigenvalue weighted by molar-refractivity contribution is -0.118. The summed E-state index contributed by atoms with van der Waals surface area (Å²) in [7, 11) is -4.18. The fourth-order valence-electron chi connectivity index (χ4n) is 3.88. The number of hydrazine groups is 1. The Morgan fingerprint density at radius 2 is 1.35 bits per heavy atom. The quantitative estimate of drug-likeness (QED) is 0.314. The Kier molecular flexibility index (Phi) is 7.67. The van der Waals surface area contributed by atoms with E-state index in [2.05, 4.69) is 0 Å². The van der Waals surface area contributed by atoms with Crippen molar-refractivity contribution in [2.45, 2.75) is 57.8 Å². The first-order valence-corrected chi connectivity index (χ1v) is 12.9. The lowest BCUT2D eigenvalue weighted by Crippen LogP contribution is -2.51. The van der Waals surface area contributed by atoms with Gasteiger partial charge in [-0.15, -0.1) is 0 Å². The minimum Gasteiger partial charge on any atom is -0.399 e. The number of carbonyl (C=O) groups is 1. The van der Waals surface area contributed by atoms with Crippen LogP contribution in [0.4, 0.5) is 17.1 Å². The van der Waals surface area contributed by atoms with Crippen molar-refractivity contribution in [3.63, 3.8) is 0 Å². The van der Waals surface area contributed by atoms with Crippen LogP contribution in [0, 0.1) is 0 Å². The molecule has 0 atom stereocenters. The highest BCUT2D eigenvalue weighted by molar-refractivity contribution is 7.93. The summed E-state index contributed by atoms with van der Waals surface area (Å²) in [6.07, 6.45) is 0.130. The first-order chi connectivity index (χ1) is 16.1. The van der Waals surface area contributed by atoms with Gasteiger partial charge >= 0.3 is 0 Å². The highest BCUT2D eigenvalue weighted by Gasteiger charge is 2.37. The molecule has 0 saturated heterocycles. The SMILES string of the molecule is CCC(=O)N(c1c(C(C)C)cccc1C(C)C)N(c1ccccc1)S(=O)(=O)c1ccc(N)cc1. The zero-order chi connectivity index (χ0) is 25.0. The van der Waals surface area contributed by atoms with Gasteiger partial charge in [0, 0.05) is 12.1 Å². The van der Waals surface area contributed by atoms with E-state index in [1.165, 1.54) is 17.1 Å². The van der Waals surface area contributed by atoms with Gasteiger partial charge in [0.2, 0.25) is 5.91 Å². The largest absolute Gasteiger partial charge is 0.399 e. The average Bonchev–Trinajstić information content (AvgIpc) is 2.82. The number of hydrogen-bond acceptors (Lipinski definition) is 4. The van der Waals surface area contributed by atoms with Gasteiger partial charge in [0.05, 0.1) is 16.3 Å². The number of amides is 1. The third kappa shape index (κ3) is 4.94. The third-order valence-corrected chi connectivity index (χ3v) is 7.35. The molecule has 0 aliphatic heterocycles. The number of anilines is 3. The maximum atomic E-state index is 14.1. The van der Waals surface area contributed by atoms with Crippen molar-refractivity contribution in [1.29, 1.82) is 0 Å². The van der Waals surface area contributed by atoms with Crippen LogP contribution in [0.3, 0.4) is 0 Å². The molecule has 0 fully saturated rings. The monoisotopic (exact) mass is 479 g/mol. The zero-order valence-corrected chi connectivity index (χ0v) is 21.2. The van der Waals surface area contributed by atoms with E-state index in [0.29, 0.717) is 17.1 Å². The summed E-state index contributed by atoms with van der Waals surface area (Å²) < 4.78 is 29.4. The van der Waals surface area contributed by atoms with Crippen LogP contribution in [0.25, 0.3) is 0 Å². The van der Waals surface area contributed by atoms with E-state index in [9.17, 15) is 13.2 Å². The smallest absolute Gasteiger partial charge is 0.282 e. The second-order valence-electron chi connectivity index (χ2n) is 8.81. The van der Waals surface area contributed by atoms with Crippen molar-refractivity contribution in [3.05, 3.63) is 83.9 Å². The molecule has 0 aliphatic rings. The van der Waals surface area contributed by atoms with Crippen LogP contribution in [-0.2, 0) is 14.8 Å². The number of rotatable bonds is 8. The van der Waals surface area contributed by atoms with E-state index in [1.807, 2.05) is 52.0 Å². The van der Waals surface area contributed by atoms with Crippen molar-refractivity contribution in [2.75, 3.05) is 15.2 Å². The van der Waals surface area contributed by atoms with Gasteiger partial charge in [-0.05, 0) is 59.4 Å². The minimum atomic E-state index is -4.18. The van der Waals surface area contributed by atoms with E-state index in [1.54, 1.807) is 43.3 Å². The molecule has 0 bridgehead atoms. The number of nitrogens with two attached hydrogens (primary N) is 1. The number of carbonyl (C=O) groups excluding carboxylic acids is 1. The van der Waals surface area contributed by atoms with Crippen LogP contribution in [0.5, 0.6) is 0 Å². The molecule has 0 saturated carbocycles. The van der Waals surface area contributed by atoms with Crippen molar-refractivity contribution in [2.24, 2.45) is 0 Å².